The second kappa shape index (κ2) is 8.11. The van der Waals surface area contributed by atoms with E-state index in [1.807, 2.05) is 13.8 Å². The molecule has 0 radical (unpaired) electrons. The number of amides is 1. The minimum absolute atomic E-state index is 0.0572. The zero-order valence-corrected chi connectivity index (χ0v) is 13.2. The van der Waals surface area contributed by atoms with Gasteiger partial charge in [0.05, 0.1) is 11.4 Å². The SMILES string of the molecule is CCCCN(CCN(O)C=O)S(=O)(=O)c1ccc(C)cc1. The molecule has 118 valence electrons. The number of unbranched alkanes of at least 4 members (excludes halogenated alkanes) is 1. The highest BCUT2D eigenvalue weighted by Gasteiger charge is 2.24. The van der Waals surface area contributed by atoms with Crippen molar-refractivity contribution in [2.45, 2.75) is 31.6 Å². The summed E-state index contributed by atoms with van der Waals surface area (Å²) in [7, 11) is -3.61. The van der Waals surface area contributed by atoms with Gasteiger partial charge in [-0.2, -0.15) is 4.31 Å². The third-order valence-electron chi connectivity index (χ3n) is 3.12. The van der Waals surface area contributed by atoms with Crippen molar-refractivity contribution in [1.82, 2.24) is 9.37 Å². The number of hydrogen-bond donors (Lipinski definition) is 1. The van der Waals surface area contributed by atoms with Crippen molar-refractivity contribution in [1.29, 1.82) is 0 Å². The summed E-state index contributed by atoms with van der Waals surface area (Å²) in [5, 5.41) is 9.60. The standard InChI is InChI=1S/C14H22N2O4S/c1-3-4-9-16(11-10-15(18)12-17)21(19,20)14-7-5-13(2)6-8-14/h5-8,12,18H,3-4,9-11H2,1-2H3. The van der Waals surface area contributed by atoms with Crippen molar-refractivity contribution in [3.05, 3.63) is 29.8 Å². The van der Waals surface area contributed by atoms with Crippen molar-refractivity contribution in [3.8, 4) is 0 Å². The quantitative estimate of drug-likeness (QED) is 0.427. The highest BCUT2D eigenvalue weighted by molar-refractivity contribution is 7.89. The van der Waals surface area contributed by atoms with Gasteiger partial charge in [-0.15, -0.1) is 0 Å². The van der Waals surface area contributed by atoms with Gasteiger partial charge in [-0.1, -0.05) is 31.0 Å². The average Bonchev–Trinajstić information content (AvgIpc) is 2.47. The van der Waals surface area contributed by atoms with Crippen molar-refractivity contribution in [2.24, 2.45) is 0 Å². The lowest BCUT2D eigenvalue weighted by atomic mass is 10.2. The van der Waals surface area contributed by atoms with Crippen LogP contribution in [0.25, 0.3) is 0 Å². The minimum atomic E-state index is -3.61. The summed E-state index contributed by atoms with van der Waals surface area (Å²) >= 11 is 0. The van der Waals surface area contributed by atoms with Crippen LogP contribution in [-0.2, 0) is 14.8 Å². The van der Waals surface area contributed by atoms with Crippen LogP contribution in [0.1, 0.15) is 25.3 Å². The molecular weight excluding hydrogens is 292 g/mol. The smallest absolute Gasteiger partial charge is 0.243 e. The molecule has 0 saturated carbocycles. The molecule has 0 saturated heterocycles. The third-order valence-corrected chi connectivity index (χ3v) is 5.03. The minimum Gasteiger partial charge on any atom is -0.286 e. The van der Waals surface area contributed by atoms with Gasteiger partial charge in [-0.25, -0.2) is 13.5 Å². The normalized spacial score (nSPS) is 11.6. The van der Waals surface area contributed by atoms with Crippen LogP contribution in [0, 0.1) is 6.92 Å². The Balaban J connectivity index is 2.93. The molecule has 1 N–H and O–H groups in total. The van der Waals surface area contributed by atoms with Crippen LogP contribution in [0.3, 0.4) is 0 Å². The number of nitrogens with zero attached hydrogens (tertiary/aromatic N) is 2. The highest BCUT2D eigenvalue weighted by Crippen LogP contribution is 2.17. The number of carbonyl (C=O) groups is 1. The maximum atomic E-state index is 12.6. The van der Waals surface area contributed by atoms with Crippen molar-refractivity contribution < 1.29 is 18.4 Å². The molecule has 7 heteroatoms. The molecule has 0 aromatic heterocycles. The van der Waals surface area contributed by atoms with Crippen LogP contribution >= 0.6 is 0 Å². The second-order valence-electron chi connectivity index (χ2n) is 4.84. The van der Waals surface area contributed by atoms with Crippen LogP contribution < -0.4 is 0 Å². The number of rotatable bonds is 9. The molecule has 1 aromatic carbocycles. The second-order valence-corrected chi connectivity index (χ2v) is 6.78. The van der Waals surface area contributed by atoms with Gasteiger partial charge in [0.1, 0.15) is 0 Å². The zero-order chi connectivity index (χ0) is 15.9. The van der Waals surface area contributed by atoms with Gasteiger partial charge < -0.3 is 0 Å². The summed E-state index contributed by atoms with van der Waals surface area (Å²) in [6.45, 7) is 4.22. The number of aryl methyl sites for hydroxylation is 1. The molecule has 0 bridgehead atoms. The Morgan fingerprint density at radius 3 is 2.29 bits per heavy atom. The molecule has 0 heterocycles. The summed E-state index contributed by atoms with van der Waals surface area (Å²) < 4.78 is 26.5. The number of hydroxylamine groups is 2. The summed E-state index contributed by atoms with van der Waals surface area (Å²) in [6, 6.07) is 6.63. The Morgan fingerprint density at radius 1 is 1.14 bits per heavy atom. The van der Waals surface area contributed by atoms with E-state index < -0.39 is 10.0 Å². The van der Waals surface area contributed by atoms with E-state index in [-0.39, 0.29) is 24.4 Å². The van der Waals surface area contributed by atoms with Gasteiger partial charge >= 0.3 is 0 Å². The molecule has 0 aliphatic rings. The molecule has 0 aliphatic carbocycles. The number of carbonyl (C=O) groups excluding carboxylic acids is 1. The molecule has 1 rings (SSSR count). The molecule has 0 fully saturated rings. The van der Waals surface area contributed by atoms with E-state index in [0.717, 1.165) is 18.4 Å². The fraction of sp³-hybridized carbons (Fsp3) is 0.500. The van der Waals surface area contributed by atoms with E-state index in [9.17, 15) is 13.2 Å². The number of sulfonamides is 1. The molecule has 6 nitrogen and oxygen atoms in total. The Labute approximate surface area is 126 Å². The molecule has 21 heavy (non-hydrogen) atoms. The summed E-state index contributed by atoms with van der Waals surface area (Å²) in [4.78, 5) is 10.6. The Kier molecular flexibility index (Phi) is 6.80. The lowest BCUT2D eigenvalue weighted by Gasteiger charge is -2.23. The van der Waals surface area contributed by atoms with Crippen LogP contribution in [0.5, 0.6) is 0 Å². The summed E-state index contributed by atoms with van der Waals surface area (Å²) in [5.74, 6) is 0. The first-order valence-corrected chi connectivity index (χ1v) is 8.33. The molecule has 1 amide bonds. The van der Waals surface area contributed by atoms with Crippen molar-refractivity contribution in [3.63, 3.8) is 0 Å². The predicted molar refractivity (Wildman–Crippen MR) is 79.4 cm³/mol. The molecule has 1 aromatic rings. The van der Waals surface area contributed by atoms with Crippen LogP contribution in [0.2, 0.25) is 0 Å². The zero-order valence-electron chi connectivity index (χ0n) is 12.4. The van der Waals surface area contributed by atoms with Gasteiger partial charge in [0.15, 0.2) is 0 Å². The number of hydrogen-bond acceptors (Lipinski definition) is 4. The maximum absolute atomic E-state index is 12.6. The van der Waals surface area contributed by atoms with Gasteiger partial charge in [0.2, 0.25) is 16.4 Å². The fourth-order valence-corrected chi connectivity index (χ4v) is 3.28. The maximum Gasteiger partial charge on any atom is 0.243 e. The van der Waals surface area contributed by atoms with Crippen molar-refractivity contribution >= 4 is 16.4 Å². The van der Waals surface area contributed by atoms with Gasteiger partial charge in [-0.3, -0.25) is 10.0 Å². The van der Waals surface area contributed by atoms with Crippen molar-refractivity contribution in [2.75, 3.05) is 19.6 Å². The summed E-state index contributed by atoms with van der Waals surface area (Å²) in [5.41, 5.74) is 0.983. The van der Waals surface area contributed by atoms with E-state index in [1.54, 1.807) is 24.3 Å². The van der Waals surface area contributed by atoms with E-state index in [0.29, 0.717) is 11.6 Å². The molecule has 0 aliphatic heterocycles. The molecule has 0 atom stereocenters. The van der Waals surface area contributed by atoms with Gasteiger partial charge in [-0.05, 0) is 25.5 Å². The Hall–Kier alpha value is -1.44. The predicted octanol–water partition coefficient (Wildman–Crippen LogP) is 1.63. The van der Waals surface area contributed by atoms with Gasteiger partial charge in [0.25, 0.3) is 0 Å². The van der Waals surface area contributed by atoms with Gasteiger partial charge in [0, 0.05) is 13.1 Å². The van der Waals surface area contributed by atoms with E-state index >= 15 is 0 Å². The molecule has 0 spiro atoms. The lowest BCUT2D eigenvalue weighted by molar-refractivity contribution is -0.149. The molecule has 0 unspecified atom stereocenters. The largest absolute Gasteiger partial charge is 0.286 e. The lowest BCUT2D eigenvalue weighted by Crippen LogP contribution is -2.38. The van der Waals surface area contributed by atoms with Crippen LogP contribution in [0.15, 0.2) is 29.2 Å². The third kappa shape index (κ3) is 5.11. The topological polar surface area (TPSA) is 77.9 Å². The summed E-state index contributed by atoms with van der Waals surface area (Å²) in [6.07, 6.45) is 1.84. The first-order valence-electron chi connectivity index (χ1n) is 6.89. The van der Waals surface area contributed by atoms with Crippen LogP contribution in [-0.4, -0.2) is 49.0 Å². The first-order chi connectivity index (χ1) is 9.91. The van der Waals surface area contributed by atoms with E-state index in [2.05, 4.69) is 0 Å². The fourth-order valence-electron chi connectivity index (χ4n) is 1.81. The first kappa shape index (κ1) is 17.6. The number of benzene rings is 1. The Bertz CT molecular complexity index is 543. The Morgan fingerprint density at radius 2 is 1.76 bits per heavy atom. The molecular formula is C14H22N2O4S. The van der Waals surface area contributed by atoms with E-state index in [1.165, 1.54) is 4.31 Å². The monoisotopic (exact) mass is 314 g/mol. The average molecular weight is 314 g/mol. The van der Waals surface area contributed by atoms with Crippen LogP contribution in [0.4, 0.5) is 0 Å². The highest BCUT2D eigenvalue weighted by atomic mass is 32.2. The van der Waals surface area contributed by atoms with E-state index in [4.69, 9.17) is 5.21 Å².